The van der Waals surface area contributed by atoms with Crippen LogP contribution in [0, 0.1) is 0 Å². The number of nitrogens with zero attached hydrogens (tertiary/aromatic N) is 1. The number of hydrogen-bond donors (Lipinski definition) is 1. The topological polar surface area (TPSA) is 94.2 Å². The van der Waals surface area contributed by atoms with Crippen molar-refractivity contribution in [1.82, 2.24) is 10.2 Å². The molecule has 172 valence electrons. The quantitative estimate of drug-likeness (QED) is 0.710. The Morgan fingerprint density at radius 1 is 1.12 bits per heavy atom. The Hall–Kier alpha value is -3.30. The van der Waals surface area contributed by atoms with E-state index in [9.17, 15) is 18.8 Å². The lowest BCUT2D eigenvalue weighted by Gasteiger charge is -2.23. The molecule has 8 nitrogen and oxygen atoms in total. The smallest absolute Gasteiger partial charge is 0.328 e. The average molecular weight is 454 g/mol. The third kappa shape index (κ3) is 3.67. The number of alkyl halides is 1. The number of rotatable bonds is 4. The van der Waals surface area contributed by atoms with Crippen LogP contribution in [0.5, 0.6) is 0 Å². The van der Waals surface area contributed by atoms with E-state index in [-0.39, 0.29) is 19.5 Å². The first-order valence-electron chi connectivity index (χ1n) is 10.7. The van der Waals surface area contributed by atoms with Gasteiger partial charge in [-0.3, -0.25) is 9.59 Å². The Morgan fingerprint density at radius 3 is 2.61 bits per heavy atom. The fraction of sp³-hybridized carbons (Fsp3) is 0.375. The summed E-state index contributed by atoms with van der Waals surface area (Å²) in [6.45, 7) is 0.526. The van der Waals surface area contributed by atoms with Gasteiger partial charge >= 0.3 is 5.97 Å². The number of halogens is 1. The van der Waals surface area contributed by atoms with Crippen molar-refractivity contribution in [2.75, 3.05) is 33.4 Å². The summed E-state index contributed by atoms with van der Waals surface area (Å²) in [6.07, 6.45) is -1.05. The fourth-order valence-electron chi connectivity index (χ4n) is 4.80. The highest BCUT2D eigenvalue weighted by Crippen LogP contribution is 2.45. The zero-order valence-electron chi connectivity index (χ0n) is 18.0. The summed E-state index contributed by atoms with van der Waals surface area (Å²) in [6, 6.07) is 11.1. The summed E-state index contributed by atoms with van der Waals surface area (Å²) in [5.41, 5.74) is 2.83. The maximum Gasteiger partial charge on any atom is 0.328 e. The predicted octanol–water partition coefficient (Wildman–Crippen LogP) is 1.97. The minimum Gasteiger partial charge on any atom is -0.467 e. The van der Waals surface area contributed by atoms with Crippen LogP contribution in [0.15, 0.2) is 42.5 Å². The van der Waals surface area contributed by atoms with Crippen LogP contribution in [0.1, 0.15) is 34.1 Å². The molecule has 0 radical (unpaired) electrons. The average Bonchev–Trinajstić information content (AvgIpc) is 3.54. The standard InChI is InChI=1S/C24H23FN2O6/c1-31-23(30)19-11-24(32-8-9-33-24)13-27(19)20(28)12-26-22(29)14-6-7-17-18(10-14)15-4-2-3-5-16(15)21(17)25/h2-7,10,19,21H,8-9,11-13H2,1H3,(H,26,29). The largest absolute Gasteiger partial charge is 0.467 e. The third-order valence-corrected chi connectivity index (χ3v) is 6.41. The van der Waals surface area contributed by atoms with E-state index in [0.29, 0.717) is 35.5 Å². The summed E-state index contributed by atoms with van der Waals surface area (Å²) in [4.78, 5) is 39.2. The number of benzene rings is 2. The molecular weight excluding hydrogens is 431 g/mol. The van der Waals surface area contributed by atoms with Crippen molar-refractivity contribution in [3.8, 4) is 11.1 Å². The Bertz CT molecular complexity index is 1130. The first-order valence-corrected chi connectivity index (χ1v) is 10.7. The molecule has 2 unspecified atom stereocenters. The molecule has 2 aliphatic heterocycles. The number of methoxy groups -OCH3 is 1. The lowest BCUT2D eigenvalue weighted by Crippen LogP contribution is -2.46. The number of amides is 2. The maximum atomic E-state index is 14.7. The van der Waals surface area contributed by atoms with E-state index in [4.69, 9.17) is 14.2 Å². The lowest BCUT2D eigenvalue weighted by atomic mass is 10.0. The van der Waals surface area contributed by atoms with E-state index < -0.39 is 35.8 Å². The molecule has 2 amide bonds. The minimum atomic E-state index is -1.23. The van der Waals surface area contributed by atoms with Crippen molar-refractivity contribution in [1.29, 1.82) is 0 Å². The SMILES string of the molecule is COC(=O)C1CC2(CN1C(=O)CNC(=O)c1ccc3c(c1)-c1ccccc1C3F)OCCO2. The second kappa shape index (κ2) is 8.24. The molecule has 2 fully saturated rings. The molecule has 1 N–H and O–H groups in total. The molecular formula is C24H23FN2O6. The number of esters is 1. The molecule has 0 bridgehead atoms. The van der Waals surface area contributed by atoms with Gasteiger partial charge in [0.2, 0.25) is 5.91 Å². The van der Waals surface area contributed by atoms with Gasteiger partial charge in [0.05, 0.1) is 33.4 Å². The maximum absolute atomic E-state index is 14.7. The van der Waals surface area contributed by atoms with Gasteiger partial charge in [-0.2, -0.15) is 0 Å². The second-order valence-corrected chi connectivity index (χ2v) is 8.31. The van der Waals surface area contributed by atoms with Gasteiger partial charge in [0, 0.05) is 12.0 Å². The van der Waals surface area contributed by atoms with Crippen LogP contribution >= 0.6 is 0 Å². The van der Waals surface area contributed by atoms with Crippen molar-refractivity contribution in [2.24, 2.45) is 0 Å². The summed E-state index contributed by atoms with van der Waals surface area (Å²) in [7, 11) is 1.25. The van der Waals surface area contributed by atoms with Crippen molar-refractivity contribution in [2.45, 2.75) is 24.4 Å². The highest BCUT2D eigenvalue weighted by molar-refractivity contribution is 5.98. The molecule has 5 rings (SSSR count). The number of ether oxygens (including phenoxy) is 3. The predicted molar refractivity (Wildman–Crippen MR) is 114 cm³/mol. The zero-order chi connectivity index (χ0) is 23.2. The number of hydrogen-bond acceptors (Lipinski definition) is 6. The van der Waals surface area contributed by atoms with Gasteiger partial charge in [-0.15, -0.1) is 0 Å². The van der Waals surface area contributed by atoms with Crippen LogP contribution in [0.2, 0.25) is 0 Å². The monoisotopic (exact) mass is 454 g/mol. The molecule has 33 heavy (non-hydrogen) atoms. The number of likely N-dealkylation sites (tertiary alicyclic amines) is 1. The molecule has 0 aromatic heterocycles. The van der Waals surface area contributed by atoms with Crippen LogP contribution < -0.4 is 5.32 Å². The number of fused-ring (bicyclic) bond motifs is 3. The van der Waals surface area contributed by atoms with Crippen LogP contribution in [-0.4, -0.2) is 67.9 Å². The molecule has 2 heterocycles. The van der Waals surface area contributed by atoms with Crippen LogP contribution in [-0.2, 0) is 23.8 Å². The van der Waals surface area contributed by atoms with Gasteiger partial charge in [0.1, 0.15) is 6.04 Å². The van der Waals surface area contributed by atoms with Gasteiger partial charge in [0.15, 0.2) is 12.0 Å². The van der Waals surface area contributed by atoms with Gasteiger partial charge in [0.25, 0.3) is 5.91 Å². The molecule has 2 atom stereocenters. The van der Waals surface area contributed by atoms with E-state index in [0.717, 1.165) is 5.56 Å². The van der Waals surface area contributed by atoms with Gasteiger partial charge in [-0.1, -0.05) is 30.3 Å². The van der Waals surface area contributed by atoms with Crippen molar-refractivity contribution < 1.29 is 33.0 Å². The lowest BCUT2D eigenvalue weighted by molar-refractivity contribution is -0.152. The molecule has 0 saturated carbocycles. The first-order chi connectivity index (χ1) is 15.9. The van der Waals surface area contributed by atoms with Crippen molar-refractivity contribution in [3.63, 3.8) is 0 Å². The van der Waals surface area contributed by atoms with Gasteiger partial charge in [-0.25, -0.2) is 9.18 Å². The minimum absolute atomic E-state index is 0.0784. The normalized spacial score (nSPS) is 22.2. The van der Waals surface area contributed by atoms with Crippen LogP contribution in [0.3, 0.4) is 0 Å². The first kappa shape index (κ1) is 21.5. The van der Waals surface area contributed by atoms with E-state index >= 15 is 0 Å². The summed E-state index contributed by atoms with van der Waals surface area (Å²) in [5, 5.41) is 2.60. The molecule has 2 aromatic carbocycles. The summed E-state index contributed by atoms with van der Waals surface area (Å²) in [5.74, 6) is -2.51. The van der Waals surface area contributed by atoms with Crippen molar-refractivity contribution >= 4 is 17.8 Å². The highest BCUT2D eigenvalue weighted by atomic mass is 19.1. The van der Waals surface area contributed by atoms with Gasteiger partial charge < -0.3 is 24.4 Å². The Labute approximate surface area is 189 Å². The molecule has 1 aliphatic carbocycles. The fourth-order valence-corrected chi connectivity index (χ4v) is 4.80. The molecule has 2 aromatic rings. The highest BCUT2D eigenvalue weighted by Gasteiger charge is 2.53. The Morgan fingerprint density at radius 2 is 1.85 bits per heavy atom. The van der Waals surface area contributed by atoms with Gasteiger partial charge in [-0.05, 0) is 34.4 Å². The molecule has 1 spiro atoms. The summed E-state index contributed by atoms with van der Waals surface area (Å²) < 4.78 is 30.8. The number of carbonyl (C=O) groups excluding carboxylic acids is 3. The third-order valence-electron chi connectivity index (χ3n) is 6.41. The number of nitrogens with one attached hydrogen (secondary N) is 1. The second-order valence-electron chi connectivity index (χ2n) is 8.31. The summed E-state index contributed by atoms with van der Waals surface area (Å²) >= 11 is 0. The van der Waals surface area contributed by atoms with Crippen LogP contribution in [0.4, 0.5) is 4.39 Å². The van der Waals surface area contributed by atoms with Crippen molar-refractivity contribution in [3.05, 3.63) is 59.2 Å². The molecule has 2 saturated heterocycles. The Kier molecular flexibility index (Phi) is 5.38. The Balaban J connectivity index is 1.29. The van der Waals surface area contributed by atoms with E-state index in [1.54, 1.807) is 30.3 Å². The van der Waals surface area contributed by atoms with E-state index in [2.05, 4.69) is 5.32 Å². The number of carbonyl (C=O) groups is 3. The van der Waals surface area contributed by atoms with E-state index in [1.165, 1.54) is 12.0 Å². The van der Waals surface area contributed by atoms with Crippen LogP contribution in [0.25, 0.3) is 11.1 Å². The van der Waals surface area contributed by atoms with E-state index in [1.807, 2.05) is 12.1 Å². The zero-order valence-corrected chi connectivity index (χ0v) is 18.0. The molecule has 3 aliphatic rings. The molecule has 9 heteroatoms.